The molecule has 4 rings (SSSR count). The molecule has 2 heterocycles. The molecular formula is C22H24N2O3. The monoisotopic (exact) mass is 364 g/mol. The molecule has 1 aliphatic heterocycles. The third-order valence-corrected chi connectivity index (χ3v) is 5.11. The number of ketones is 1. The highest BCUT2D eigenvalue weighted by Crippen LogP contribution is 2.30. The van der Waals surface area contributed by atoms with Gasteiger partial charge in [-0.05, 0) is 30.3 Å². The van der Waals surface area contributed by atoms with Crippen LogP contribution in [0.1, 0.15) is 16.8 Å². The Morgan fingerprint density at radius 1 is 1.15 bits per heavy atom. The maximum Gasteiger partial charge on any atom is 0.164 e. The number of fused-ring (bicyclic) bond motifs is 1. The average molecular weight is 364 g/mol. The Morgan fingerprint density at radius 3 is 2.74 bits per heavy atom. The number of morpholine rings is 1. The quantitative estimate of drug-likeness (QED) is 0.677. The Hall–Kier alpha value is -2.63. The number of carbonyl (C=O) groups excluding carboxylic acids is 1. The predicted octanol–water partition coefficient (Wildman–Crippen LogP) is 3.75. The zero-order valence-electron chi connectivity index (χ0n) is 15.5. The third kappa shape index (κ3) is 3.89. The van der Waals surface area contributed by atoms with E-state index in [-0.39, 0.29) is 5.78 Å². The van der Waals surface area contributed by atoms with Crippen molar-refractivity contribution in [3.63, 3.8) is 0 Å². The molecule has 1 aromatic heterocycles. The van der Waals surface area contributed by atoms with Gasteiger partial charge in [-0.2, -0.15) is 0 Å². The molecule has 1 N–H and O–H groups in total. The normalized spacial score (nSPS) is 15.1. The van der Waals surface area contributed by atoms with Gasteiger partial charge in [0, 0.05) is 53.8 Å². The fourth-order valence-corrected chi connectivity index (χ4v) is 3.55. The number of aromatic nitrogens is 1. The van der Waals surface area contributed by atoms with Gasteiger partial charge in [-0.25, -0.2) is 0 Å². The molecule has 3 aromatic rings. The number of ether oxygens (including phenoxy) is 2. The van der Waals surface area contributed by atoms with Crippen molar-refractivity contribution >= 4 is 16.7 Å². The second kappa shape index (κ2) is 7.94. The molecule has 5 heteroatoms. The first kappa shape index (κ1) is 17.8. The van der Waals surface area contributed by atoms with E-state index in [9.17, 15) is 4.79 Å². The highest BCUT2D eigenvalue weighted by molar-refractivity contribution is 6.03. The van der Waals surface area contributed by atoms with Crippen molar-refractivity contribution in [2.75, 3.05) is 40.0 Å². The smallest absolute Gasteiger partial charge is 0.164 e. The number of Topliss-reactive ketones (excluding diaryl/α,β-unsaturated/α-hetero) is 1. The third-order valence-electron chi connectivity index (χ3n) is 5.11. The maximum absolute atomic E-state index is 13.0. The lowest BCUT2D eigenvalue weighted by molar-refractivity contribution is 0.0370. The van der Waals surface area contributed by atoms with E-state index in [0.717, 1.165) is 55.0 Å². The highest BCUT2D eigenvalue weighted by Gasteiger charge is 2.18. The Balaban J connectivity index is 1.62. The number of benzene rings is 2. The van der Waals surface area contributed by atoms with Gasteiger partial charge in [-0.1, -0.05) is 18.2 Å². The molecule has 2 aromatic carbocycles. The van der Waals surface area contributed by atoms with Crippen molar-refractivity contribution < 1.29 is 14.3 Å². The Labute approximate surface area is 158 Å². The number of methoxy groups -OCH3 is 1. The average Bonchev–Trinajstić information content (AvgIpc) is 3.16. The molecule has 1 saturated heterocycles. The van der Waals surface area contributed by atoms with Crippen LogP contribution < -0.4 is 4.74 Å². The van der Waals surface area contributed by atoms with Crippen LogP contribution >= 0.6 is 0 Å². The standard InChI is InChI=1S/C22H24N2O3/c1-26-17-6-7-18(21-14-16-4-2-3-5-20(16)23-21)19(15-17)22(25)8-9-24-10-12-27-13-11-24/h2-7,14-15,23H,8-13H2,1H3. The van der Waals surface area contributed by atoms with Crippen LogP contribution in [0.4, 0.5) is 0 Å². The SMILES string of the molecule is COc1ccc(-c2cc3ccccc3[nH]2)c(C(=O)CCN2CCOCC2)c1. The number of carbonyl (C=O) groups is 1. The van der Waals surface area contributed by atoms with Crippen molar-refractivity contribution in [1.29, 1.82) is 0 Å². The van der Waals surface area contributed by atoms with Crippen LogP contribution in [0.25, 0.3) is 22.2 Å². The molecule has 0 radical (unpaired) electrons. The molecule has 5 nitrogen and oxygen atoms in total. The summed E-state index contributed by atoms with van der Waals surface area (Å²) in [5.41, 5.74) is 3.64. The first-order valence-electron chi connectivity index (χ1n) is 9.34. The summed E-state index contributed by atoms with van der Waals surface area (Å²) in [6.45, 7) is 4.02. The molecule has 0 unspecified atom stereocenters. The molecule has 1 fully saturated rings. The number of H-pyrrole nitrogens is 1. The zero-order chi connectivity index (χ0) is 18.6. The molecule has 27 heavy (non-hydrogen) atoms. The van der Waals surface area contributed by atoms with Crippen LogP contribution in [0.15, 0.2) is 48.5 Å². The summed E-state index contributed by atoms with van der Waals surface area (Å²) in [6.07, 6.45) is 0.487. The lowest BCUT2D eigenvalue weighted by atomic mass is 9.98. The zero-order valence-corrected chi connectivity index (χ0v) is 15.5. The second-order valence-electron chi connectivity index (χ2n) is 6.81. The fraction of sp³-hybridized carbons (Fsp3) is 0.318. The number of para-hydroxylation sites is 1. The molecule has 0 amide bonds. The number of nitrogens with one attached hydrogen (secondary N) is 1. The number of hydrogen-bond donors (Lipinski definition) is 1. The molecular weight excluding hydrogens is 340 g/mol. The topological polar surface area (TPSA) is 54.6 Å². The lowest BCUT2D eigenvalue weighted by Crippen LogP contribution is -2.37. The first-order valence-corrected chi connectivity index (χ1v) is 9.34. The van der Waals surface area contributed by atoms with Gasteiger partial charge >= 0.3 is 0 Å². The van der Waals surface area contributed by atoms with E-state index in [2.05, 4.69) is 22.0 Å². The van der Waals surface area contributed by atoms with Crippen LogP contribution in [0.3, 0.4) is 0 Å². The number of nitrogens with zero attached hydrogens (tertiary/aromatic N) is 1. The summed E-state index contributed by atoms with van der Waals surface area (Å²) in [4.78, 5) is 18.7. The highest BCUT2D eigenvalue weighted by atomic mass is 16.5. The van der Waals surface area contributed by atoms with Gasteiger partial charge in [0.25, 0.3) is 0 Å². The van der Waals surface area contributed by atoms with Crippen LogP contribution in [0.2, 0.25) is 0 Å². The second-order valence-corrected chi connectivity index (χ2v) is 6.81. The minimum absolute atomic E-state index is 0.133. The van der Waals surface area contributed by atoms with Crippen molar-refractivity contribution in [3.05, 3.63) is 54.1 Å². The Kier molecular flexibility index (Phi) is 5.23. The summed E-state index contributed by atoms with van der Waals surface area (Å²) < 4.78 is 10.7. The van der Waals surface area contributed by atoms with Gasteiger partial charge in [-0.15, -0.1) is 0 Å². The summed E-state index contributed by atoms with van der Waals surface area (Å²) in [6, 6.07) is 15.9. The number of hydrogen-bond acceptors (Lipinski definition) is 4. The Bertz CT molecular complexity index is 909. The molecule has 140 valence electrons. The van der Waals surface area contributed by atoms with E-state index in [1.165, 1.54) is 0 Å². The van der Waals surface area contributed by atoms with E-state index in [1.807, 2.05) is 36.4 Å². The van der Waals surface area contributed by atoms with Gasteiger partial charge in [0.15, 0.2) is 5.78 Å². The molecule has 0 aliphatic carbocycles. The van der Waals surface area contributed by atoms with Crippen molar-refractivity contribution in [2.24, 2.45) is 0 Å². The summed E-state index contributed by atoms with van der Waals surface area (Å²) in [7, 11) is 1.62. The maximum atomic E-state index is 13.0. The first-order chi connectivity index (χ1) is 13.2. The summed E-state index contributed by atoms with van der Waals surface area (Å²) in [5.74, 6) is 0.832. The molecule has 0 bridgehead atoms. The Morgan fingerprint density at radius 2 is 1.96 bits per heavy atom. The van der Waals surface area contributed by atoms with E-state index < -0.39 is 0 Å². The number of aromatic amines is 1. The van der Waals surface area contributed by atoms with Crippen LogP contribution in [0.5, 0.6) is 5.75 Å². The lowest BCUT2D eigenvalue weighted by Gasteiger charge is -2.26. The van der Waals surface area contributed by atoms with Gasteiger partial charge < -0.3 is 14.5 Å². The van der Waals surface area contributed by atoms with Gasteiger partial charge in [-0.3, -0.25) is 9.69 Å². The summed E-state index contributed by atoms with van der Waals surface area (Å²) in [5, 5.41) is 1.13. The van der Waals surface area contributed by atoms with E-state index in [0.29, 0.717) is 17.7 Å². The van der Waals surface area contributed by atoms with Gasteiger partial charge in [0.05, 0.1) is 20.3 Å². The molecule has 1 aliphatic rings. The van der Waals surface area contributed by atoms with Crippen LogP contribution in [-0.4, -0.2) is 55.6 Å². The summed E-state index contributed by atoms with van der Waals surface area (Å²) >= 11 is 0. The van der Waals surface area contributed by atoms with Crippen molar-refractivity contribution in [1.82, 2.24) is 9.88 Å². The largest absolute Gasteiger partial charge is 0.497 e. The van der Waals surface area contributed by atoms with E-state index in [1.54, 1.807) is 7.11 Å². The minimum atomic E-state index is 0.133. The van der Waals surface area contributed by atoms with Gasteiger partial charge in [0.2, 0.25) is 0 Å². The van der Waals surface area contributed by atoms with Crippen molar-refractivity contribution in [2.45, 2.75) is 6.42 Å². The van der Waals surface area contributed by atoms with Gasteiger partial charge in [0.1, 0.15) is 5.75 Å². The predicted molar refractivity (Wildman–Crippen MR) is 106 cm³/mol. The van der Waals surface area contributed by atoms with E-state index in [4.69, 9.17) is 9.47 Å². The molecule has 0 atom stereocenters. The molecule has 0 spiro atoms. The van der Waals surface area contributed by atoms with E-state index >= 15 is 0 Å². The number of rotatable bonds is 6. The van der Waals surface area contributed by atoms with Crippen LogP contribution in [-0.2, 0) is 4.74 Å². The fourth-order valence-electron chi connectivity index (χ4n) is 3.55. The minimum Gasteiger partial charge on any atom is -0.497 e. The van der Waals surface area contributed by atoms with Crippen molar-refractivity contribution in [3.8, 4) is 17.0 Å². The molecule has 0 saturated carbocycles. The van der Waals surface area contributed by atoms with Crippen LogP contribution in [0, 0.1) is 0 Å².